The monoisotopic (exact) mass is 567 g/mol. The first-order chi connectivity index (χ1) is 20.0. The minimum Gasteiger partial charge on any atom is -0.356 e. The maximum Gasteiger partial charge on any atom is 0.255 e. The molecule has 9 N–H and O–H groups in total. The number of carbonyl (C=O) groups excluding carboxylic acids is 3. The second kappa shape index (κ2) is 21.4. The quantitative estimate of drug-likeness (QED) is 0.107. The van der Waals surface area contributed by atoms with E-state index < -0.39 is 0 Å². The summed E-state index contributed by atoms with van der Waals surface area (Å²) >= 11 is 0. The fourth-order valence-corrected chi connectivity index (χ4v) is 4.15. The van der Waals surface area contributed by atoms with E-state index in [1.807, 2.05) is 12.1 Å². The zero-order valence-corrected chi connectivity index (χ0v) is 24.3. The van der Waals surface area contributed by atoms with Gasteiger partial charge in [-0.3, -0.25) is 14.4 Å². The molecule has 0 aromatic heterocycles. The summed E-state index contributed by atoms with van der Waals surface area (Å²) in [6, 6.07) is 14.2. The van der Waals surface area contributed by atoms with Gasteiger partial charge < -0.3 is 38.1 Å². The van der Waals surface area contributed by atoms with Crippen LogP contribution in [-0.2, 0) is 11.2 Å². The maximum absolute atomic E-state index is 12.9. The van der Waals surface area contributed by atoms with Crippen LogP contribution >= 0.6 is 0 Å². The van der Waals surface area contributed by atoms with Crippen molar-refractivity contribution in [3.8, 4) is 0 Å². The highest BCUT2D eigenvalue weighted by Gasteiger charge is 2.11. The van der Waals surface area contributed by atoms with Crippen molar-refractivity contribution in [2.75, 3.05) is 57.7 Å². The molecule has 2 aromatic carbocycles. The average Bonchev–Trinajstić information content (AvgIpc) is 2.99. The molecule has 3 amide bonds. The molecule has 2 rings (SSSR count). The third kappa shape index (κ3) is 15.3. The van der Waals surface area contributed by atoms with Crippen molar-refractivity contribution in [2.45, 2.75) is 51.4 Å². The van der Waals surface area contributed by atoms with E-state index >= 15 is 0 Å². The Morgan fingerprint density at radius 1 is 0.610 bits per heavy atom. The molecule has 0 bridgehead atoms. The van der Waals surface area contributed by atoms with Crippen molar-refractivity contribution in [1.82, 2.24) is 21.3 Å². The number of aryl methyl sites for hydroxylation is 1. The largest absolute Gasteiger partial charge is 0.356 e. The normalized spacial score (nSPS) is 10.8. The summed E-state index contributed by atoms with van der Waals surface area (Å²) in [5, 5.41) is 15.4. The predicted octanol–water partition coefficient (Wildman–Crippen LogP) is 2.15. The molecule has 0 spiro atoms. The van der Waals surface area contributed by atoms with E-state index in [0.717, 1.165) is 76.8 Å². The van der Waals surface area contributed by atoms with Crippen LogP contribution in [0.25, 0.3) is 0 Å². The Kier molecular flexibility index (Phi) is 17.7. The molecule has 0 fully saturated rings. The Labute approximate surface area is 244 Å². The van der Waals surface area contributed by atoms with E-state index in [1.165, 1.54) is 0 Å². The Morgan fingerprint density at radius 2 is 1.20 bits per heavy atom. The Morgan fingerprint density at radius 3 is 1.85 bits per heavy atom. The number of nitrogens with two attached hydrogens (primary N) is 2. The van der Waals surface area contributed by atoms with Gasteiger partial charge in [-0.05, 0) is 120 Å². The third-order valence-electron chi connectivity index (χ3n) is 6.50. The van der Waals surface area contributed by atoms with Gasteiger partial charge >= 0.3 is 0 Å². The van der Waals surface area contributed by atoms with Gasteiger partial charge in [-0.1, -0.05) is 18.2 Å². The number of amides is 3. The molecular formula is C31H49N7O3. The van der Waals surface area contributed by atoms with Gasteiger partial charge in [0.1, 0.15) is 0 Å². The Balaban J connectivity index is 1.72. The van der Waals surface area contributed by atoms with Gasteiger partial charge in [0, 0.05) is 36.3 Å². The van der Waals surface area contributed by atoms with Crippen LogP contribution in [0.2, 0.25) is 0 Å². The highest BCUT2D eigenvalue weighted by atomic mass is 16.2. The lowest BCUT2D eigenvalue weighted by Crippen LogP contribution is -2.28. The van der Waals surface area contributed by atoms with Crippen molar-refractivity contribution in [1.29, 1.82) is 0 Å². The summed E-state index contributed by atoms with van der Waals surface area (Å²) in [5.74, 6) is -0.450. The molecule has 0 aliphatic carbocycles. The smallest absolute Gasteiger partial charge is 0.255 e. The van der Waals surface area contributed by atoms with Crippen LogP contribution in [0.3, 0.4) is 0 Å². The number of carbonyl (C=O) groups is 3. The van der Waals surface area contributed by atoms with Gasteiger partial charge in [0.25, 0.3) is 11.8 Å². The summed E-state index contributed by atoms with van der Waals surface area (Å²) in [5.41, 5.74) is 13.4. The summed E-state index contributed by atoms with van der Waals surface area (Å²) in [6.07, 6.45) is 6.76. The van der Waals surface area contributed by atoms with Gasteiger partial charge in [0.2, 0.25) is 5.91 Å². The standard InChI is InChI=1S/C31H49N7O3/c32-15-1-3-17-34-19-7-21-36-29(39)14-13-25-9-5-10-26(23-25)31(41)38-28-12-6-11-27(24-28)30(40)37-22-8-20-35-18-4-2-16-33/h5-6,9-12,23-24,34-35H,1-4,7-8,13-22,32-33H2,(H,36,39)(H,37,40)(H,38,41). The van der Waals surface area contributed by atoms with Gasteiger partial charge in [0.15, 0.2) is 0 Å². The van der Waals surface area contributed by atoms with Crippen LogP contribution < -0.4 is 38.1 Å². The molecular weight excluding hydrogens is 518 g/mol. The average molecular weight is 568 g/mol. The van der Waals surface area contributed by atoms with E-state index in [9.17, 15) is 14.4 Å². The summed E-state index contributed by atoms with van der Waals surface area (Å²) in [4.78, 5) is 37.7. The number of nitrogens with one attached hydrogen (secondary N) is 5. The lowest BCUT2D eigenvalue weighted by Gasteiger charge is -2.10. The minimum atomic E-state index is -0.270. The van der Waals surface area contributed by atoms with Crippen molar-refractivity contribution in [3.63, 3.8) is 0 Å². The minimum absolute atomic E-state index is 0.00291. The number of rotatable bonds is 22. The summed E-state index contributed by atoms with van der Waals surface area (Å²) in [7, 11) is 0. The molecule has 0 unspecified atom stereocenters. The van der Waals surface area contributed by atoms with Crippen LogP contribution in [0.1, 0.15) is 71.2 Å². The maximum atomic E-state index is 12.9. The lowest BCUT2D eigenvalue weighted by molar-refractivity contribution is -0.121. The van der Waals surface area contributed by atoms with Crippen molar-refractivity contribution >= 4 is 23.4 Å². The first-order valence-corrected chi connectivity index (χ1v) is 14.9. The van der Waals surface area contributed by atoms with E-state index in [1.54, 1.807) is 36.4 Å². The van der Waals surface area contributed by atoms with Crippen LogP contribution in [0, 0.1) is 0 Å². The highest BCUT2D eigenvalue weighted by molar-refractivity contribution is 6.05. The molecule has 0 radical (unpaired) electrons. The molecule has 226 valence electrons. The summed E-state index contributed by atoms with van der Waals surface area (Å²) < 4.78 is 0. The number of benzene rings is 2. The molecule has 0 aliphatic rings. The molecule has 0 heterocycles. The van der Waals surface area contributed by atoms with E-state index in [-0.39, 0.29) is 17.7 Å². The lowest BCUT2D eigenvalue weighted by atomic mass is 10.1. The second-order valence-electron chi connectivity index (χ2n) is 10.0. The molecule has 0 saturated heterocycles. The van der Waals surface area contributed by atoms with Crippen molar-refractivity contribution in [2.24, 2.45) is 11.5 Å². The molecule has 41 heavy (non-hydrogen) atoms. The molecule has 10 heteroatoms. The number of hydrogen-bond acceptors (Lipinski definition) is 7. The highest BCUT2D eigenvalue weighted by Crippen LogP contribution is 2.14. The zero-order valence-electron chi connectivity index (χ0n) is 24.3. The van der Waals surface area contributed by atoms with Gasteiger partial charge in [-0.15, -0.1) is 0 Å². The fourth-order valence-electron chi connectivity index (χ4n) is 4.15. The molecule has 0 aliphatic heterocycles. The first kappa shape index (κ1) is 33.9. The van der Waals surface area contributed by atoms with Crippen molar-refractivity contribution < 1.29 is 14.4 Å². The van der Waals surface area contributed by atoms with Crippen LogP contribution in [0.4, 0.5) is 5.69 Å². The Bertz CT molecular complexity index is 1050. The SMILES string of the molecule is NCCCCNCCCNC(=O)CCc1cccc(C(=O)Nc2cccc(C(=O)NCCCNCCCCN)c2)c1. The molecule has 0 atom stereocenters. The third-order valence-corrected chi connectivity index (χ3v) is 6.50. The number of unbranched alkanes of at least 4 members (excludes halogenated alkanes) is 2. The van der Waals surface area contributed by atoms with E-state index in [4.69, 9.17) is 11.5 Å². The van der Waals surface area contributed by atoms with E-state index in [2.05, 4.69) is 26.6 Å². The first-order valence-electron chi connectivity index (χ1n) is 14.9. The Hall–Kier alpha value is -3.31. The van der Waals surface area contributed by atoms with Crippen molar-refractivity contribution in [3.05, 3.63) is 65.2 Å². The zero-order chi connectivity index (χ0) is 29.5. The predicted molar refractivity (Wildman–Crippen MR) is 166 cm³/mol. The van der Waals surface area contributed by atoms with Gasteiger partial charge in [-0.25, -0.2) is 0 Å². The fraction of sp³-hybridized carbons (Fsp3) is 0.516. The molecule has 10 nitrogen and oxygen atoms in total. The van der Waals surface area contributed by atoms with Crippen LogP contribution in [-0.4, -0.2) is 70.1 Å². The van der Waals surface area contributed by atoms with E-state index in [0.29, 0.717) is 49.3 Å². The van der Waals surface area contributed by atoms with Gasteiger partial charge in [-0.2, -0.15) is 0 Å². The topological polar surface area (TPSA) is 163 Å². The summed E-state index contributed by atoms with van der Waals surface area (Å²) in [6.45, 7) is 6.20. The second-order valence-corrected chi connectivity index (χ2v) is 10.0. The van der Waals surface area contributed by atoms with Crippen LogP contribution in [0.5, 0.6) is 0 Å². The molecule has 0 saturated carbocycles. The molecule has 2 aromatic rings. The van der Waals surface area contributed by atoms with Gasteiger partial charge in [0.05, 0.1) is 0 Å². The number of anilines is 1. The van der Waals surface area contributed by atoms with Crippen LogP contribution in [0.15, 0.2) is 48.5 Å². The number of hydrogen-bond donors (Lipinski definition) is 7.